The molecule has 1 amide bonds. The van der Waals surface area contributed by atoms with Gasteiger partial charge < -0.3 is 15.5 Å². The number of rotatable bonds is 5. The van der Waals surface area contributed by atoms with Crippen molar-refractivity contribution in [3.63, 3.8) is 0 Å². The number of carboxylic acid groups (broad SMARTS) is 1. The number of nitro groups is 1. The number of hydrogen-bond acceptors (Lipinski definition) is 5. The molecule has 8 nitrogen and oxygen atoms in total. The van der Waals surface area contributed by atoms with Crippen molar-refractivity contribution in [2.24, 2.45) is 0 Å². The van der Waals surface area contributed by atoms with Crippen LogP contribution in [0.4, 0.5) is 5.69 Å². The molecule has 0 aliphatic rings. The van der Waals surface area contributed by atoms with E-state index in [-0.39, 0.29) is 10.6 Å². The summed E-state index contributed by atoms with van der Waals surface area (Å²) in [4.78, 5) is 31.8. The van der Waals surface area contributed by atoms with Gasteiger partial charge >= 0.3 is 5.97 Å². The van der Waals surface area contributed by atoms with E-state index >= 15 is 0 Å². The lowest BCUT2D eigenvalue weighted by molar-refractivity contribution is -0.384. The summed E-state index contributed by atoms with van der Waals surface area (Å²) >= 11 is 5.57. The minimum absolute atomic E-state index is 0.0614. The highest BCUT2D eigenvalue weighted by Crippen LogP contribution is 2.24. The second-order valence-corrected chi connectivity index (χ2v) is 3.89. The van der Waals surface area contributed by atoms with E-state index in [9.17, 15) is 19.7 Å². The second kappa shape index (κ2) is 6.12. The number of benzene rings is 1. The fourth-order valence-electron chi connectivity index (χ4n) is 1.17. The Morgan fingerprint density at radius 3 is 2.63 bits per heavy atom. The van der Waals surface area contributed by atoms with Crippen LogP contribution in [0.15, 0.2) is 18.2 Å². The third kappa shape index (κ3) is 3.90. The normalized spacial score (nSPS) is 11.7. The SMILES string of the molecule is O=C(NCC(O)C(=O)O)c1ccc(Cl)c([N+](=O)[O-])c1. The van der Waals surface area contributed by atoms with Crippen molar-refractivity contribution in [2.75, 3.05) is 6.54 Å². The fourth-order valence-corrected chi connectivity index (χ4v) is 1.36. The number of amides is 1. The lowest BCUT2D eigenvalue weighted by Gasteiger charge is -2.07. The summed E-state index contributed by atoms with van der Waals surface area (Å²) in [5, 5.41) is 30.0. The highest BCUT2D eigenvalue weighted by molar-refractivity contribution is 6.32. The summed E-state index contributed by atoms with van der Waals surface area (Å²) in [6, 6.07) is 3.39. The molecule has 0 aliphatic heterocycles. The maximum atomic E-state index is 11.6. The van der Waals surface area contributed by atoms with E-state index in [0.717, 1.165) is 6.07 Å². The Hall–Kier alpha value is -2.19. The van der Waals surface area contributed by atoms with Crippen LogP contribution < -0.4 is 5.32 Å². The standard InChI is InChI=1S/C10H9ClN2O6/c11-6-2-1-5(3-7(6)13(18)19)9(15)12-4-8(14)10(16)17/h1-3,8,14H,4H2,(H,12,15)(H,16,17). The van der Waals surface area contributed by atoms with Crippen molar-refractivity contribution in [1.29, 1.82) is 0 Å². The summed E-state index contributed by atoms with van der Waals surface area (Å²) in [5.74, 6) is -2.23. The van der Waals surface area contributed by atoms with Gasteiger partial charge in [-0.3, -0.25) is 14.9 Å². The Kier molecular flexibility index (Phi) is 4.79. The third-order valence-electron chi connectivity index (χ3n) is 2.15. The maximum Gasteiger partial charge on any atom is 0.334 e. The number of aliphatic carboxylic acids is 1. The molecule has 1 aromatic carbocycles. The van der Waals surface area contributed by atoms with Crippen LogP contribution in [-0.4, -0.2) is 39.7 Å². The smallest absolute Gasteiger partial charge is 0.334 e. The van der Waals surface area contributed by atoms with E-state index in [1.807, 2.05) is 0 Å². The molecule has 0 radical (unpaired) electrons. The predicted molar refractivity (Wildman–Crippen MR) is 64.1 cm³/mol. The number of carbonyl (C=O) groups is 2. The number of halogens is 1. The maximum absolute atomic E-state index is 11.6. The van der Waals surface area contributed by atoms with Crippen LogP contribution in [0.5, 0.6) is 0 Å². The lowest BCUT2D eigenvalue weighted by Crippen LogP contribution is -2.36. The molecule has 9 heteroatoms. The van der Waals surface area contributed by atoms with E-state index < -0.39 is 35.1 Å². The molecule has 3 N–H and O–H groups in total. The van der Waals surface area contributed by atoms with Gasteiger partial charge in [0.2, 0.25) is 0 Å². The molecule has 0 bridgehead atoms. The van der Waals surface area contributed by atoms with Crippen molar-refractivity contribution < 1.29 is 24.7 Å². The molecule has 0 saturated heterocycles. The van der Waals surface area contributed by atoms with Gasteiger partial charge in [0.15, 0.2) is 6.10 Å². The number of carbonyl (C=O) groups excluding carboxylic acids is 1. The first-order valence-electron chi connectivity index (χ1n) is 4.96. The Bertz CT molecular complexity index is 533. The average molecular weight is 289 g/mol. The van der Waals surface area contributed by atoms with Crippen molar-refractivity contribution in [3.8, 4) is 0 Å². The van der Waals surface area contributed by atoms with Gasteiger partial charge in [0.1, 0.15) is 5.02 Å². The number of aliphatic hydroxyl groups is 1. The first kappa shape index (κ1) is 14.9. The molecule has 1 aromatic rings. The predicted octanol–water partition coefficient (Wildman–Crippen LogP) is 0.424. The number of nitrogens with zero attached hydrogens (tertiary/aromatic N) is 1. The number of aliphatic hydroxyl groups excluding tert-OH is 1. The van der Waals surface area contributed by atoms with Gasteiger partial charge in [0.05, 0.1) is 11.5 Å². The van der Waals surface area contributed by atoms with Gasteiger partial charge in [-0.15, -0.1) is 0 Å². The second-order valence-electron chi connectivity index (χ2n) is 3.49. The van der Waals surface area contributed by atoms with Crippen LogP contribution in [0.1, 0.15) is 10.4 Å². The molecule has 102 valence electrons. The van der Waals surface area contributed by atoms with E-state index in [4.69, 9.17) is 21.8 Å². The molecular formula is C10H9ClN2O6. The molecular weight excluding hydrogens is 280 g/mol. The third-order valence-corrected chi connectivity index (χ3v) is 2.47. The van der Waals surface area contributed by atoms with Crippen molar-refractivity contribution >= 4 is 29.2 Å². The number of carboxylic acids is 1. The van der Waals surface area contributed by atoms with Crippen LogP contribution in [0.25, 0.3) is 0 Å². The van der Waals surface area contributed by atoms with Crippen LogP contribution >= 0.6 is 11.6 Å². The highest BCUT2D eigenvalue weighted by atomic mass is 35.5. The molecule has 1 rings (SSSR count). The first-order chi connectivity index (χ1) is 8.82. The van der Waals surface area contributed by atoms with Crippen molar-refractivity contribution in [3.05, 3.63) is 38.9 Å². The zero-order chi connectivity index (χ0) is 14.6. The highest BCUT2D eigenvalue weighted by Gasteiger charge is 2.18. The molecule has 0 saturated carbocycles. The van der Waals surface area contributed by atoms with Crippen molar-refractivity contribution in [2.45, 2.75) is 6.10 Å². The van der Waals surface area contributed by atoms with Gasteiger partial charge in [0, 0.05) is 11.6 Å². The minimum Gasteiger partial charge on any atom is -0.479 e. The minimum atomic E-state index is -1.74. The first-order valence-corrected chi connectivity index (χ1v) is 5.33. The molecule has 0 aliphatic carbocycles. The summed E-state index contributed by atoms with van der Waals surface area (Å²) in [5.41, 5.74) is -0.498. The summed E-state index contributed by atoms with van der Waals surface area (Å²) in [7, 11) is 0. The average Bonchev–Trinajstić information content (AvgIpc) is 2.35. The number of nitro benzene ring substituents is 1. The van der Waals surface area contributed by atoms with Crippen LogP contribution in [0, 0.1) is 10.1 Å². The number of nitrogens with one attached hydrogen (secondary N) is 1. The molecule has 1 atom stereocenters. The van der Waals surface area contributed by atoms with Gasteiger partial charge in [0.25, 0.3) is 11.6 Å². The lowest BCUT2D eigenvalue weighted by atomic mass is 10.2. The van der Waals surface area contributed by atoms with Gasteiger partial charge in [-0.2, -0.15) is 0 Å². The van der Waals surface area contributed by atoms with E-state index in [0.29, 0.717) is 0 Å². The molecule has 19 heavy (non-hydrogen) atoms. The molecule has 0 heterocycles. The fraction of sp³-hybridized carbons (Fsp3) is 0.200. The topological polar surface area (TPSA) is 130 Å². The van der Waals surface area contributed by atoms with E-state index in [1.54, 1.807) is 0 Å². The van der Waals surface area contributed by atoms with Crippen molar-refractivity contribution in [1.82, 2.24) is 5.32 Å². The largest absolute Gasteiger partial charge is 0.479 e. The van der Waals surface area contributed by atoms with Crippen LogP contribution in [0.2, 0.25) is 5.02 Å². The van der Waals surface area contributed by atoms with Gasteiger partial charge in [-0.05, 0) is 12.1 Å². The van der Waals surface area contributed by atoms with Gasteiger partial charge in [-0.1, -0.05) is 11.6 Å². The summed E-state index contributed by atoms with van der Waals surface area (Å²) in [6.07, 6.45) is -1.74. The number of hydrogen-bond donors (Lipinski definition) is 3. The summed E-state index contributed by atoms with van der Waals surface area (Å²) < 4.78 is 0. The molecule has 0 spiro atoms. The monoisotopic (exact) mass is 288 g/mol. The van der Waals surface area contributed by atoms with E-state index in [1.165, 1.54) is 12.1 Å². The Balaban J connectivity index is 2.80. The summed E-state index contributed by atoms with van der Waals surface area (Å²) in [6.45, 7) is -0.509. The zero-order valence-electron chi connectivity index (χ0n) is 9.37. The van der Waals surface area contributed by atoms with Crippen LogP contribution in [-0.2, 0) is 4.79 Å². The Labute approximate surface area is 111 Å². The Morgan fingerprint density at radius 2 is 2.11 bits per heavy atom. The molecule has 0 aromatic heterocycles. The zero-order valence-corrected chi connectivity index (χ0v) is 10.1. The van der Waals surface area contributed by atoms with E-state index in [2.05, 4.69) is 5.32 Å². The van der Waals surface area contributed by atoms with Crippen LogP contribution in [0.3, 0.4) is 0 Å². The molecule has 1 unspecified atom stereocenters. The molecule has 0 fully saturated rings. The van der Waals surface area contributed by atoms with Gasteiger partial charge in [-0.25, -0.2) is 4.79 Å². The quantitative estimate of drug-likeness (QED) is 0.532. The Morgan fingerprint density at radius 1 is 1.47 bits per heavy atom.